The number of methoxy groups -OCH3 is 1. The number of piperidine rings is 1. The second-order valence-corrected chi connectivity index (χ2v) is 8.97. The molecule has 158 valence electrons. The first-order chi connectivity index (χ1) is 13.7. The van der Waals surface area contributed by atoms with Gasteiger partial charge in [-0.15, -0.1) is 12.4 Å². The summed E-state index contributed by atoms with van der Waals surface area (Å²) in [6.45, 7) is 2.95. The van der Waals surface area contributed by atoms with Gasteiger partial charge in [-0.05, 0) is 90.7 Å². The summed E-state index contributed by atoms with van der Waals surface area (Å²) in [4.78, 5) is 15.4. The molecule has 6 heteroatoms. The van der Waals surface area contributed by atoms with Gasteiger partial charge in [0.15, 0.2) is 0 Å². The second kappa shape index (κ2) is 9.96. The van der Waals surface area contributed by atoms with Gasteiger partial charge in [-0.3, -0.25) is 4.79 Å². The van der Waals surface area contributed by atoms with Crippen molar-refractivity contribution in [1.29, 1.82) is 0 Å². The highest BCUT2D eigenvalue weighted by Gasteiger charge is 2.57. The number of nitrogens with one attached hydrogen (secondary N) is 1. The molecule has 0 bridgehead atoms. The smallest absolute Gasteiger partial charge is 0.223 e. The number of hydrogen-bond donors (Lipinski definition) is 1. The van der Waals surface area contributed by atoms with E-state index in [9.17, 15) is 4.79 Å². The third-order valence-electron chi connectivity index (χ3n) is 6.39. The van der Waals surface area contributed by atoms with E-state index in [1.54, 1.807) is 18.4 Å². The lowest BCUT2D eigenvalue weighted by Gasteiger charge is -2.29. The van der Waals surface area contributed by atoms with E-state index in [1.165, 1.54) is 30.4 Å². The van der Waals surface area contributed by atoms with Gasteiger partial charge < -0.3 is 15.0 Å². The van der Waals surface area contributed by atoms with Crippen LogP contribution < -0.4 is 10.1 Å². The fraction of sp³-hybridized carbons (Fsp3) is 0.522. The number of ether oxygens (including phenoxy) is 1. The fourth-order valence-electron chi connectivity index (χ4n) is 4.56. The molecule has 1 aromatic carbocycles. The van der Waals surface area contributed by atoms with Crippen LogP contribution in [-0.4, -0.2) is 37.0 Å². The highest BCUT2D eigenvalue weighted by molar-refractivity contribution is 7.07. The third-order valence-corrected chi connectivity index (χ3v) is 7.12. The fourth-order valence-corrected chi connectivity index (χ4v) is 5.22. The van der Waals surface area contributed by atoms with Gasteiger partial charge in [-0.1, -0.05) is 12.1 Å². The summed E-state index contributed by atoms with van der Waals surface area (Å²) >= 11 is 1.71. The van der Waals surface area contributed by atoms with Crippen molar-refractivity contribution < 1.29 is 9.53 Å². The molecule has 1 aliphatic carbocycles. The molecule has 2 aromatic rings. The van der Waals surface area contributed by atoms with Crippen molar-refractivity contribution in [2.24, 2.45) is 5.41 Å². The first-order valence-electron chi connectivity index (χ1n) is 10.3. The molecule has 1 saturated carbocycles. The van der Waals surface area contributed by atoms with Gasteiger partial charge in [0.25, 0.3) is 0 Å². The predicted molar refractivity (Wildman–Crippen MR) is 121 cm³/mol. The molecule has 1 aliphatic heterocycles. The number of rotatable bonds is 8. The highest BCUT2D eigenvalue weighted by Crippen LogP contribution is 2.56. The Morgan fingerprint density at radius 1 is 1.21 bits per heavy atom. The number of thiophene rings is 1. The maximum Gasteiger partial charge on any atom is 0.223 e. The van der Waals surface area contributed by atoms with Gasteiger partial charge in [0.05, 0.1) is 7.11 Å². The van der Waals surface area contributed by atoms with Crippen molar-refractivity contribution in [3.63, 3.8) is 0 Å². The number of hydrogen-bond acceptors (Lipinski definition) is 4. The Hall–Kier alpha value is -1.56. The van der Waals surface area contributed by atoms with Crippen molar-refractivity contribution in [2.75, 3.05) is 20.2 Å². The quantitative estimate of drug-likeness (QED) is 0.656. The Morgan fingerprint density at radius 2 is 1.97 bits per heavy atom. The summed E-state index contributed by atoms with van der Waals surface area (Å²) in [5.74, 6) is 1.20. The van der Waals surface area contributed by atoms with Gasteiger partial charge in [0, 0.05) is 19.0 Å². The van der Waals surface area contributed by atoms with Crippen LogP contribution in [0.4, 0.5) is 0 Å². The number of benzene rings is 1. The van der Waals surface area contributed by atoms with E-state index in [0.717, 1.165) is 38.2 Å². The number of amides is 1. The van der Waals surface area contributed by atoms with Crippen LogP contribution in [0, 0.1) is 5.41 Å². The van der Waals surface area contributed by atoms with E-state index in [4.69, 9.17) is 4.74 Å². The zero-order valence-electron chi connectivity index (χ0n) is 17.1. The number of nitrogens with zero attached hydrogens (tertiary/aromatic N) is 1. The number of aryl methyl sites for hydroxylation is 1. The van der Waals surface area contributed by atoms with E-state index in [2.05, 4.69) is 39.2 Å². The maximum absolute atomic E-state index is 13.2. The summed E-state index contributed by atoms with van der Waals surface area (Å²) in [6.07, 6.45) is 6.05. The first-order valence-corrected chi connectivity index (χ1v) is 11.3. The molecule has 2 aliphatic rings. The lowest BCUT2D eigenvalue weighted by molar-refractivity contribution is -0.133. The zero-order chi connectivity index (χ0) is 19.4. The molecule has 2 heterocycles. The molecule has 29 heavy (non-hydrogen) atoms. The summed E-state index contributed by atoms with van der Waals surface area (Å²) < 4.78 is 5.22. The number of carbonyl (C=O) groups excluding carboxylic acids is 1. The molecule has 1 N–H and O–H groups in total. The molecule has 1 atom stereocenters. The summed E-state index contributed by atoms with van der Waals surface area (Å²) in [5, 5.41) is 7.75. The Bertz CT molecular complexity index is 773. The number of carbonyl (C=O) groups is 1. The van der Waals surface area contributed by atoms with Gasteiger partial charge in [-0.2, -0.15) is 11.3 Å². The van der Waals surface area contributed by atoms with Crippen LogP contribution in [0.15, 0.2) is 41.1 Å². The van der Waals surface area contributed by atoms with Crippen molar-refractivity contribution in [2.45, 2.75) is 51.1 Å². The molecule has 4 rings (SSSR count). The predicted octanol–water partition coefficient (Wildman–Crippen LogP) is 4.67. The van der Waals surface area contributed by atoms with E-state index < -0.39 is 0 Å². The normalized spacial score (nSPS) is 19.4. The molecule has 4 nitrogen and oxygen atoms in total. The van der Waals surface area contributed by atoms with Crippen LogP contribution in [0.25, 0.3) is 0 Å². The lowest BCUT2D eigenvalue weighted by Crippen LogP contribution is -2.39. The molecule has 2 fully saturated rings. The Balaban J connectivity index is 0.00000240. The minimum Gasteiger partial charge on any atom is -0.497 e. The molecular formula is C23H31ClN2O2S. The Labute approximate surface area is 184 Å². The zero-order valence-corrected chi connectivity index (χ0v) is 18.7. The molecule has 1 saturated heterocycles. The van der Waals surface area contributed by atoms with Crippen LogP contribution in [0.1, 0.15) is 43.2 Å². The topological polar surface area (TPSA) is 41.6 Å². The van der Waals surface area contributed by atoms with Crippen LogP contribution >= 0.6 is 23.7 Å². The largest absolute Gasteiger partial charge is 0.497 e. The van der Waals surface area contributed by atoms with Crippen LogP contribution in [0.3, 0.4) is 0 Å². The molecule has 0 radical (unpaired) electrons. The van der Waals surface area contributed by atoms with Crippen molar-refractivity contribution in [3.8, 4) is 5.75 Å². The van der Waals surface area contributed by atoms with E-state index in [1.807, 2.05) is 12.1 Å². The second-order valence-electron chi connectivity index (χ2n) is 8.19. The molecule has 1 amide bonds. The van der Waals surface area contributed by atoms with Gasteiger partial charge in [-0.25, -0.2) is 0 Å². The number of halogens is 1. The van der Waals surface area contributed by atoms with Gasteiger partial charge in [0.2, 0.25) is 5.91 Å². The lowest BCUT2D eigenvalue weighted by atomic mass is 9.93. The molecule has 1 unspecified atom stereocenters. The Kier molecular flexibility index (Phi) is 7.60. The van der Waals surface area contributed by atoms with Crippen molar-refractivity contribution >= 4 is 29.7 Å². The van der Waals surface area contributed by atoms with E-state index >= 15 is 0 Å². The van der Waals surface area contributed by atoms with Gasteiger partial charge >= 0.3 is 0 Å². The van der Waals surface area contributed by atoms with Crippen LogP contribution in [-0.2, 0) is 17.8 Å². The monoisotopic (exact) mass is 434 g/mol. The summed E-state index contributed by atoms with van der Waals surface area (Å²) in [5.41, 5.74) is 2.91. The summed E-state index contributed by atoms with van der Waals surface area (Å²) in [6, 6.07) is 10.8. The summed E-state index contributed by atoms with van der Waals surface area (Å²) in [7, 11) is 1.68. The highest BCUT2D eigenvalue weighted by atomic mass is 35.5. The SMILES string of the molecule is COc1ccc(CCCC(=O)N(Cc2ccsc2)C2CC23CCNCC3)cc1.Cl. The van der Waals surface area contributed by atoms with Crippen LogP contribution in [0.2, 0.25) is 0 Å². The molecule has 1 aromatic heterocycles. The van der Waals surface area contributed by atoms with E-state index in [0.29, 0.717) is 23.8 Å². The van der Waals surface area contributed by atoms with Crippen molar-refractivity contribution in [1.82, 2.24) is 10.2 Å². The average Bonchev–Trinajstić information content (AvgIpc) is 3.15. The minimum atomic E-state index is 0. The maximum atomic E-state index is 13.2. The van der Waals surface area contributed by atoms with Crippen molar-refractivity contribution in [3.05, 3.63) is 52.2 Å². The third kappa shape index (κ3) is 5.33. The molecular weight excluding hydrogens is 404 g/mol. The van der Waals surface area contributed by atoms with E-state index in [-0.39, 0.29) is 12.4 Å². The first kappa shape index (κ1) is 22.1. The van der Waals surface area contributed by atoms with Crippen LogP contribution in [0.5, 0.6) is 5.75 Å². The minimum absolute atomic E-state index is 0. The Morgan fingerprint density at radius 3 is 2.62 bits per heavy atom. The van der Waals surface area contributed by atoms with Gasteiger partial charge in [0.1, 0.15) is 5.75 Å². The average molecular weight is 435 g/mol. The molecule has 1 spiro atoms. The standard InChI is InChI=1S/C23H30N2O2S.ClH/c1-27-20-7-5-18(6-8-20)3-2-4-22(26)25(16-19-9-14-28-17-19)21-15-23(21)10-12-24-13-11-23;/h5-9,14,17,21,24H,2-4,10-13,15-16H2,1H3;1H.